The molecule has 0 aliphatic carbocycles. The van der Waals surface area contributed by atoms with Gasteiger partial charge in [-0.15, -0.1) is 11.3 Å². The van der Waals surface area contributed by atoms with E-state index in [4.69, 9.17) is 24.3 Å². The van der Waals surface area contributed by atoms with E-state index in [0.717, 1.165) is 38.0 Å². The quantitative estimate of drug-likeness (QED) is 0.281. The van der Waals surface area contributed by atoms with Gasteiger partial charge in [0.05, 0.1) is 17.7 Å². The van der Waals surface area contributed by atoms with Crippen molar-refractivity contribution in [2.24, 2.45) is 0 Å². The summed E-state index contributed by atoms with van der Waals surface area (Å²) in [5.41, 5.74) is 3.79. The minimum atomic E-state index is -1.02. The lowest BCUT2D eigenvalue weighted by atomic mass is 10.1. The largest absolute Gasteiger partial charge is 0.497 e. The number of carbonyl (C=O) groups is 1. The van der Waals surface area contributed by atoms with E-state index in [-0.39, 0.29) is 6.61 Å². The minimum absolute atomic E-state index is 0.307. The molecule has 0 fully saturated rings. The predicted octanol–water partition coefficient (Wildman–Crippen LogP) is 6.34. The molecule has 0 atom stereocenters. The zero-order chi connectivity index (χ0) is 24.6. The van der Waals surface area contributed by atoms with Gasteiger partial charge in [0.1, 0.15) is 28.9 Å². The lowest BCUT2D eigenvalue weighted by Crippen LogP contribution is -2.10. The second kappa shape index (κ2) is 11.4. The van der Waals surface area contributed by atoms with Gasteiger partial charge in [-0.2, -0.15) is 0 Å². The third-order valence-electron chi connectivity index (χ3n) is 5.15. The second-order valence-corrected chi connectivity index (χ2v) is 8.81. The smallest absolute Gasteiger partial charge is 0.341 e. The van der Waals surface area contributed by atoms with Gasteiger partial charge < -0.3 is 19.3 Å². The third kappa shape index (κ3) is 6.49. The number of carboxylic acids is 1. The molecule has 178 valence electrons. The monoisotopic (exact) mass is 487 g/mol. The molecule has 1 aromatic heterocycles. The first-order valence-electron chi connectivity index (χ1n) is 11.0. The van der Waals surface area contributed by atoms with Crippen LogP contribution in [0.3, 0.4) is 0 Å². The van der Waals surface area contributed by atoms with Crippen LogP contribution < -0.4 is 14.2 Å². The Morgan fingerprint density at radius 1 is 0.971 bits per heavy atom. The van der Waals surface area contributed by atoms with Crippen molar-refractivity contribution in [2.45, 2.75) is 13.5 Å². The predicted molar refractivity (Wildman–Crippen MR) is 138 cm³/mol. The number of methoxy groups -OCH3 is 1. The molecule has 0 amide bonds. The van der Waals surface area contributed by atoms with Gasteiger partial charge in [-0.25, -0.2) is 9.78 Å². The van der Waals surface area contributed by atoms with Crippen molar-refractivity contribution in [1.82, 2.24) is 4.98 Å². The summed E-state index contributed by atoms with van der Waals surface area (Å²) in [5, 5.41) is 9.64. The molecule has 0 bridgehead atoms. The Kier molecular flexibility index (Phi) is 7.80. The van der Waals surface area contributed by atoms with Crippen LogP contribution in [0.5, 0.6) is 17.2 Å². The first-order chi connectivity index (χ1) is 17.0. The standard InChI is InChI=1S/C28H25NO5S/c1-19-16-23(13-14-24(19)34-18-27(30)31)33-17-26-29-28(21-9-11-22(32-2)12-10-21)25(35-26)15-8-20-6-4-3-5-7-20/h3-16H,17-18H2,1-2H3,(H,30,31). The van der Waals surface area contributed by atoms with Crippen molar-refractivity contribution in [1.29, 1.82) is 0 Å². The van der Waals surface area contributed by atoms with Crippen LogP contribution in [0.15, 0.2) is 72.8 Å². The molecule has 0 radical (unpaired) electrons. The number of rotatable bonds is 10. The van der Waals surface area contributed by atoms with E-state index < -0.39 is 5.97 Å². The van der Waals surface area contributed by atoms with E-state index in [1.165, 1.54) is 0 Å². The van der Waals surface area contributed by atoms with Gasteiger partial charge in [0.2, 0.25) is 0 Å². The Balaban J connectivity index is 1.54. The Hall–Kier alpha value is -4.10. The molecule has 1 N–H and O–H groups in total. The van der Waals surface area contributed by atoms with Crippen molar-refractivity contribution in [2.75, 3.05) is 13.7 Å². The van der Waals surface area contributed by atoms with Gasteiger partial charge in [0.25, 0.3) is 0 Å². The summed E-state index contributed by atoms with van der Waals surface area (Å²) in [6.07, 6.45) is 4.15. The molecule has 0 saturated carbocycles. The summed E-state index contributed by atoms with van der Waals surface area (Å²) in [6.45, 7) is 1.77. The highest BCUT2D eigenvalue weighted by molar-refractivity contribution is 7.13. The molecular weight excluding hydrogens is 462 g/mol. The topological polar surface area (TPSA) is 77.9 Å². The molecule has 0 aliphatic heterocycles. The van der Waals surface area contributed by atoms with Crippen LogP contribution in [0.4, 0.5) is 0 Å². The number of aliphatic carboxylic acids is 1. The van der Waals surface area contributed by atoms with E-state index in [0.29, 0.717) is 18.1 Å². The second-order valence-electron chi connectivity index (χ2n) is 7.69. The number of carboxylic acid groups (broad SMARTS) is 1. The highest BCUT2D eigenvalue weighted by Crippen LogP contribution is 2.32. The molecule has 0 spiro atoms. The third-order valence-corrected chi connectivity index (χ3v) is 6.14. The normalized spacial score (nSPS) is 10.9. The van der Waals surface area contributed by atoms with Crippen LogP contribution in [-0.4, -0.2) is 29.8 Å². The maximum Gasteiger partial charge on any atom is 0.341 e. The van der Waals surface area contributed by atoms with Crippen LogP contribution in [-0.2, 0) is 11.4 Å². The average molecular weight is 488 g/mol. The van der Waals surface area contributed by atoms with E-state index in [9.17, 15) is 4.79 Å². The van der Waals surface area contributed by atoms with Crippen molar-refractivity contribution >= 4 is 29.5 Å². The minimum Gasteiger partial charge on any atom is -0.497 e. The Morgan fingerprint density at radius 2 is 1.71 bits per heavy atom. The summed E-state index contributed by atoms with van der Waals surface area (Å²) in [7, 11) is 1.65. The van der Waals surface area contributed by atoms with Gasteiger partial charge in [-0.3, -0.25) is 0 Å². The van der Waals surface area contributed by atoms with Gasteiger partial charge in [0, 0.05) is 5.56 Å². The molecule has 1 heterocycles. The zero-order valence-corrected chi connectivity index (χ0v) is 20.2. The summed E-state index contributed by atoms with van der Waals surface area (Å²) in [4.78, 5) is 16.6. The van der Waals surface area contributed by atoms with Crippen molar-refractivity contribution < 1.29 is 24.1 Å². The van der Waals surface area contributed by atoms with Gasteiger partial charge in [0.15, 0.2) is 6.61 Å². The average Bonchev–Trinajstić information content (AvgIpc) is 3.29. The summed E-state index contributed by atoms with van der Waals surface area (Å²) < 4.78 is 16.6. The zero-order valence-electron chi connectivity index (χ0n) is 19.4. The van der Waals surface area contributed by atoms with Crippen LogP contribution in [0.25, 0.3) is 23.4 Å². The number of benzene rings is 3. The first kappa shape index (κ1) is 24.0. The van der Waals surface area contributed by atoms with Gasteiger partial charge in [-0.1, -0.05) is 36.4 Å². The molecule has 0 aliphatic rings. The molecule has 6 nitrogen and oxygen atoms in total. The Bertz CT molecular complexity index is 1310. The van der Waals surface area contributed by atoms with Crippen molar-refractivity contribution in [3.63, 3.8) is 0 Å². The molecular formula is C28H25NO5S. The highest BCUT2D eigenvalue weighted by Gasteiger charge is 2.13. The molecule has 4 rings (SSSR count). The Morgan fingerprint density at radius 3 is 2.40 bits per heavy atom. The van der Waals surface area contributed by atoms with Crippen molar-refractivity contribution in [3.8, 4) is 28.5 Å². The molecule has 35 heavy (non-hydrogen) atoms. The SMILES string of the molecule is COc1ccc(-c2nc(COc3ccc(OCC(=O)O)c(C)c3)sc2C=Cc2ccccc2)cc1. The van der Waals surface area contributed by atoms with Crippen molar-refractivity contribution in [3.05, 3.63) is 93.8 Å². The first-order valence-corrected chi connectivity index (χ1v) is 11.8. The van der Waals surface area contributed by atoms with E-state index in [2.05, 4.69) is 24.3 Å². The van der Waals surface area contributed by atoms with E-state index in [1.807, 2.05) is 55.5 Å². The molecule has 0 saturated heterocycles. The number of ether oxygens (including phenoxy) is 3. The molecule has 4 aromatic rings. The fourth-order valence-electron chi connectivity index (χ4n) is 3.40. The van der Waals surface area contributed by atoms with Gasteiger partial charge >= 0.3 is 5.97 Å². The van der Waals surface area contributed by atoms with Crippen LogP contribution >= 0.6 is 11.3 Å². The van der Waals surface area contributed by atoms with E-state index in [1.54, 1.807) is 30.6 Å². The number of nitrogens with zero attached hydrogens (tertiary/aromatic N) is 1. The lowest BCUT2D eigenvalue weighted by molar-refractivity contribution is -0.139. The maximum absolute atomic E-state index is 10.7. The van der Waals surface area contributed by atoms with Crippen LogP contribution in [0.1, 0.15) is 21.0 Å². The van der Waals surface area contributed by atoms with Gasteiger partial charge in [-0.05, 0) is 66.6 Å². The maximum atomic E-state index is 10.7. The molecule has 7 heteroatoms. The summed E-state index contributed by atoms with van der Waals surface area (Å²) in [5.74, 6) is 0.954. The number of thiazole rings is 1. The lowest BCUT2D eigenvalue weighted by Gasteiger charge is -2.09. The fourth-order valence-corrected chi connectivity index (χ4v) is 4.31. The number of hydrogen-bond acceptors (Lipinski definition) is 6. The van der Waals surface area contributed by atoms with E-state index >= 15 is 0 Å². The molecule has 3 aromatic carbocycles. The highest BCUT2D eigenvalue weighted by atomic mass is 32.1. The Labute approximate surface area is 208 Å². The van der Waals surface area contributed by atoms with Crippen LogP contribution in [0.2, 0.25) is 0 Å². The van der Waals surface area contributed by atoms with Crippen LogP contribution in [0, 0.1) is 6.92 Å². The molecule has 0 unspecified atom stereocenters. The number of aryl methyl sites for hydroxylation is 1. The number of aromatic nitrogens is 1. The number of hydrogen-bond donors (Lipinski definition) is 1. The fraction of sp³-hybridized carbons (Fsp3) is 0.143. The summed E-state index contributed by atoms with van der Waals surface area (Å²) >= 11 is 1.58. The summed E-state index contributed by atoms with van der Waals surface area (Å²) in [6, 6.07) is 23.3.